The third kappa shape index (κ3) is 4.91. The fourth-order valence-corrected chi connectivity index (χ4v) is 12.4. The van der Waals surface area contributed by atoms with Crippen molar-refractivity contribution in [1.29, 1.82) is 0 Å². The Kier molecular flexibility index (Phi) is 7.70. The molecule has 0 aliphatic heterocycles. The maximum Gasteiger partial charge on any atom is 0.0726 e. The third-order valence-electron chi connectivity index (χ3n) is 15.2. The van der Waals surface area contributed by atoms with E-state index in [-0.39, 0.29) is 5.41 Å². The third-order valence-corrected chi connectivity index (χ3v) is 15.2. The average Bonchev–Trinajstić information content (AvgIpc) is 4.05. The summed E-state index contributed by atoms with van der Waals surface area (Å²) in [6, 6.07) is 86.2. The van der Waals surface area contributed by atoms with Gasteiger partial charge in [-0.2, -0.15) is 0 Å². The lowest BCUT2D eigenvalue weighted by Gasteiger charge is -2.30. The lowest BCUT2D eigenvalue weighted by atomic mass is 9.70. The standard InChI is InChI=1S/C64H44N2/c1-63(2)53-24-11-6-19-46(53)49-37-35-44(39-58(49)63)65(43-33-31-42(32-34-43)41-17-4-3-5-18-41)45-36-38-51-50-22-10-15-29-59(50)66(61(51)40-45)60-30-16-28-57-62(60)52-23-9-14-27-56(52)64(57)54-25-12-7-20-47(54)48-21-8-13-26-55(48)64/h3-40H,1-2H3. The van der Waals surface area contributed by atoms with Crippen LogP contribution in [-0.4, -0.2) is 4.57 Å². The van der Waals surface area contributed by atoms with E-state index in [2.05, 4.69) is 254 Å². The molecule has 66 heavy (non-hydrogen) atoms. The van der Waals surface area contributed by atoms with E-state index >= 15 is 0 Å². The van der Waals surface area contributed by atoms with E-state index in [0.29, 0.717) is 0 Å². The lowest BCUT2D eigenvalue weighted by molar-refractivity contribution is 0.660. The van der Waals surface area contributed by atoms with Gasteiger partial charge in [-0.25, -0.2) is 0 Å². The van der Waals surface area contributed by atoms with E-state index < -0.39 is 5.41 Å². The summed E-state index contributed by atoms with van der Waals surface area (Å²) in [4.78, 5) is 2.46. The second kappa shape index (κ2) is 13.7. The fourth-order valence-electron chi connectivity index (χ4n) is 12.4. The van der Waals surface area contributed by atoms with Crippen molar-refractivity contribution < 1.29 is 0 Å². The Balaban J connectivity index is 1.02. The maximum atomic E-state index is 2.55. The minimum Gasteiger partial charge on any atom is -0.310 e. The predicted octanol–water partition coefficient (Wildman–Crippen LogP) is 16.6. The van der Waals surface area contributed by atoms with Gasteiger partial charge in [0.25, 0.3) is 0 Å². The second-order valence-corrected chi connectivity index (χ2v) is 18.8. The quantitative estimate of drug-likeness (QED) is 0.168. The molecule has 0 saturated carbocycles. The Morgan fingerprint density at radius 1 is 0.333 bits per heavy atom. The van der Waals surface area contributed by atoms with E-state index in [1.807, 2.05) is 0 Å². The van der Waals surface area contributed by atoms with Gasteiger partial charge in [0.15, 0.2) is 0 Å². The van der Waals surface area contributed by atoms with E-state index in [4.69, 9.17) is 0 Å². The van der Waals surface area contributed by atoms with Gasteiger partial charge in [-0.15, -0.1) is 0 Å². The highest BCUT2D eigenvalue weighted by Gasteiger charge is 2.52. The SMILES string of the molecule is CC1(C)c2ccccc2-c2ccc(N(c3ccc(-c4ccccc4)cc3)c3ccc4c5ccccc5n(-c5cccc6c5-c5ccccc5C65c6ccccc6-c6ccccc65)c4c3)cc21. The van der Waals surface area contributed by atoms with Crippen molar-refractivity contribution in [3.63, 3.8) is 0 Å². The van der Waals surface area contributed by atoms with Crippen molar-refractivity contribution in [3.05, 3.63) is 264 Å². The zero-order valence-corrected chi connectivity index (χ0v) is 36.8. The summed E-state index contributed by atoms with van der Waals surface area (Å²) < 4.78 is 2.55. The number of hydrogen-bond donors (Lipinski definition) is 0. The highest BCUT2D eigenvalue weighted by atomic mass is 15.1. The van der Waals surface area contributed by atoms with Gasteiger partial charge in [0.2, 0.25) is 0 Å². The summed E-state index contributed by atoms with van der Waals surface area (Å²) in [5.41, 5.74) is 24.8. The van der Waals surface area contributed by atoms with E-state index in [1.54, 1.807) is 0 Å². The number of rotatable bonds is 5. The van der Waals surface area contributed by atoms with Crippen molar-refractivity contribution in [2.75, 3.05) is 4.90 Å². The Labute approximate surface area is 385 Å². The van der Waals surface area contributed by atoms with Crippen molar-refractivity contribution in [2.24, 2.45) is 0 Å². The number of nitrogens with zero attached hydrogens (tertiary/aromatic N) is 2. The van der Waals surface area contributed by atoms with Crippen molar-refractivity contribution >= 4 is 38.9 Å². The van der Waals surface area contributed by atoms with Crippen LogP contribution >= 0.6 is 0 Å². The molecule has 3 aliphatic carbocycles. The predicted molar refractivity (Wildman–Crippen MR) is 275 cm³/mol. The van der Waals surface area contributed by atoms with E-state index in [0.717, 1.165) is 17.1 Å². The topological polar surface area (TPSA) is 8.17 Å². The molecule has 11 aromatic rings. The van der Waals surface area contributed by atoms with Crippen molar-refractivity contribution in [2.45, 2.75) is 24.7 Å². The van der Waals surface area contributed by atoms with Crippen LogP contribution < -0.4 is 4.90 Å². The Bertz CT molecular complexity index is 3750. The molecule has 1 heterocycles. The van der Waals surface area contributed by atoms with Crippen molar-refractivity contribution in [1.82, 2.24) is 4.57 Å². The van der Waals surface area contributed by atoms with Crippen LogP contribution in [0, 0.1) is 0 Å². The molecular formula is C64H44N2. The first-order valence-corrected chi connectivity index (χ1v) is 23.2. The molecule has 0 bridgehead atoms. The molecule has 14 rings (SSSR count). The first-order valence-electron chi connectivity index (χ1n) is 23.2. The Morgan fingerprint density at radius 2 is 0.833 bits per heavy atom. The van der Waals surface area contributed by atoms with Gasteiger partial charge in [0, 0.05) is 38.8 Å². The number of fused-ring (bicyclic) bond motifs is 16. The molecule has 2 heteroatoms. The van der Waals surface area contributed by atoms with Crippen molar-refractivity contribution in [3.8, 4) is 50.2 Å². The summed E-state index contributed by atoms with van der Waals surface area (Å²) in [5, 5.41) is 2.47. The van der Waals surface area contributed by atoms with Gasteiger partial charge in [0.1, 0.15) is 0 Å². The number of benzene rings is 10. The van der Waals surface area contributed by atoms with E-state index in [1.165, 1.54) is 105 Å². The Hall–Kier alpha value is -8.20. The normalized spacial score (nSPS) is 14.2. The molecule has 10 aromatic carbocycles. The molecule has 1 spiro atoms. The van der Waals surface area contributed by atoms with Gasteiger partial charge < -0.3 is 9.47 Å². The average molecular weight is 841 g/mol. The van der Waals surface area contributed by atoms with E-state index in [9.17, 15) is 0 Å². The van der Waals surface area contributed by atoms with Gasteiger partial charge >= 0.3 is 0 Å². The van der Waals surface area contributed by atoms with Gasteiger partial charge in [-0.1, -0.05) is 196 Å². The second-order valence-electron chi connectivity index (χ2n) is 18.8. The lowest BCUT2D eigenvalue weighted by Crippen LogP contribution is -2.25. The molecule has 3 aliphatic rings. The summed E-state index contributed by atoms with van der Waals surface area (Å²) >= 11 is 0. The van der Waals surface area contributed by atoms with Crippen LogP contribution in [0.5, 0.6) is 0 Å². The number of anilines is 3. The highest BCUT2D eigenvalue weighted by molar-refractivity contribution is 6.11. The largest absolute Gasteiger partial charge is 0.310 e. The molecule has 1 aromatic heterocycles. The molecule has 310 valence electrons. The van der Waals surface area contributed by atoms with Gasteiger partial charge in [-0.05, 0) is 121 Å². The number of aromatic nitrogens is 1. The molecule has 0 unspecified atom stereocenters. The first kappa shape index (κ1) is 37.2. The minimum atomic E-state index is -0.428. The molecule has 0 N–H and O–H groups in total. The molecule has 2 nitrogen and oxygen atoms in total. The molecular weight excluding hydrogens is 797 g/mol. The van der Waals surface area contributed by atoms with Crippen LogP contribution in [0.1, 0.15) is 47.2 Å². The van der Waals surface area contributed by atoms with Crippen LogP contribution in [0.2, 0.25) is 0 Å². The molecule has 0 saturated heterocycles. The van der Waals surface area contributed by atoms with Crippen LogP contribution in [0.25, 0.3) is 72.0 Å². The maximum absolute atomic E-state index is 2.55. The summed E-state index contributed by atoms with van der Waals surface area (Å²) in [6.07, 6.45) is 0. The zero-order chi connectivity index (χ0) is 43.7. The fraction of sp³-hybridized carbons (Fsp3) is 0.0625. The van der Waals surface area contributed by atoms with Crippen LogP contribution in [-0.2, 0) is 10.8 Å². The van der Waals surface area contributed by atoms with Crippen LogP contribution in [0.15, 0.2) is 231 Å². The smallest absolute Gasteiger partial charge is 0.0726 e. The Morgan fingerprint density at radius 3 is 1.56 bits per heavy atom. The number of hydrogen-bond acceptors (Lipinski definition) is 1. The molecule has 0 atom stereocenters. The highest BCUT2D eigenvalue weighted by Crippen LogP contribution is 2.64. The zero-order valence-electron chi connectivity index (χ0n) is 36.8. The monoisotopic (exact) mass is 840 g/mol. The number of para-hydroxylation sites is 1. The van der Waals surface area contributed by atoms with Crippen LogP contribution in [0.4, 0.5) is 17.1 Å². The molecule has 0 radical (unpaired) electrons. The van der Waals surface area contributed by atoms with Crippen LogP contribution in [0.3, 0.4) is 0 Å². The van der Waals surface area contributed by atoms with Gasteiger partial charge in [-0.3, -0.25) is 0 Å². The molecule has 0 fully saturated rings. The first-order chi connectivity index (χ1) is 32.5. The summed E-state index contributed by atoms with van der Waals surface area (Å²) in [7, 11) is 0. The molecule has 0 amide bonds. The summed E-state index contributed by atoms with van der Waals surface area (Å²) in [6.45, 7) is 4.74. The van der Waals surface area contributed by atoms with Gasteiger partial charge in [0.05, 0.1) is 22.1 Å². The summed E-state index contributed by atoms with van der Waals surface area (Å²) in [5.74, 6) is 0. The minimum absolute atomic E-state index is 0.136.